The highest BCUT2D eigenvalue weighted by atomic mass is 35.5. The van der Waals surface area contributed by atoms with Gasteiger partial charge in [-0.1, -0.05) is 42.1 Å². The number of fused-ring (bicyclic) bond motifs is 1. The lowest BCUT2D eigenvalue weighted by Crippen LogP contribution is -3.00. The first kappa shape index (κ1) is 22.9. The normalized spacial score (nSPS) is 11.8. The smallest absolute Gasteiger partial charge is 0.277 e. The third-order valence-corrected chi connectivity index (χ3v) is 5.88. The monoisotopic (exact) mass is 456 g/mol. The van der Waals surface area contributed by atoms with E-state index in [-0.39, 0.29) is 24.1 Å². The van der Waals surface area contributed by atoms with Crippen LogP contribution in [-0.2, 0) is 11.2 Å². The number of anilines is 1. The molecule has 2 heterocycles. The molecule has 4 aromatic rings. The predicted molar refractivity (Wildman–Crippen MR) is 118 cm³/mol. The number of thioether (sulfide) groups is 1. The number of rotatable bonds is 7. The van der Waals surface area contributed by atoms with Gasteiger partial charge in [0.1, 0.15) is 0 Å². The summed E-state index contributed by atoms with van der Waals surface area (Å²) in [6.45, 7) is 4.00. The maximum atomic E-state index is 12.3. The van der Waals surface area contributed by atoms with Crippen molar-refractivity contribution in [3.8, 4) is 0 Å². The van der Waals surface area contributed by atoms with Gasteiger partial charge in [-0.2, -0.15) is 0 Å². The molecule has 0 aliphatic heterocycles. The first-order chi connectivity index (χ1) is 14.5. The topological polar surface area (TPSA) is 110 Å². The number of nitrogens with two attached hydrogens (primary N) is 1. The molecular weight excluding hydrogens is 434 g/mol. The van der Waals surface area contributed by atoms with Crippen LogP contribution in [0.4, 0.5) is 5.69 Å². The zero-order valence-corrected chi connectivity index (χ0v) is 18.8. The number of H-pyrrole nitrogens is 1. The van der Waals surface area contributed by atoms with E-state index in [1.807, 2.05) is 56.4 Å². The maximum Gasteiger partial charge on any atom is 0.277 e. The van der Waals surface area contributed by atoms with E-state index < -0.39 is 6.04 Å². The Morgan fingerprint density at radius 3 is 2.84 bits per heavy atom. The van der Waals surface area contributed by atoms with E-state index in [4.69, 9.17) is 10.2 Å². The quantitative estimate of drug-likeness (QED) is 0.360. The Morgan fingerprint density at radius 2 is 2.00 bits per heavy atom. The van der Waals surface area contributed by atoms with Crippen LogP contribution in [0.3, 0.4) is 0 Å². The molecule has 1 atom stereocenters. The first-order valence-electron chi connectivity index (χ1n) is 9.64. The average molecular weight is 457 g/mol. The van der Waals surface area contributed by atoms with Crippen LogP contribution in [0.15, 0.2) is 58.3 Å². The van der Waals surface area contributed by atoms with Gasteiger partial charge in [-0.3, -0.25) is 4.79 Å². The summed E-state index contributed by atoms with van der Waals surface area (Å²) < 4.78 is 5.68. The molecule has 0 unspecified atom stereocenters. The minimum absolute atomic E-state index is 0. The summed E-state index contributed by atoms with van der Waals surface area (Å²) in [6, 6.07) is 13.5. The summed E-state index contributed by atoms with van der Waals surface area (Å²) in [6.07, 6.45) is 2.53. The Kier molecular flexibility index (Phi) is 7.37. The van der Waals surface area contributed by atoms with Crippen LogP contribution in [-0.4, -0.2) is 26.8 Å². The largest absolute Gasteiger partial charge is 1.00 e. The van der Waals surface area contributed by atoms with Crippen molar-refractivity contribution in [3.05, 3.63) is 71.2 Å². The zero-order chi connectivity index (χ0) is 21.1. The minimum atomic E-state index is -0.421. The minimum Gasteiger partial charge on any atom is -1.00 e. The van der Waals surface area contributed by atoms with Gasteiger partial charge in [-0.25, -0.2) is 0 Å². The number of aryl methyl sites for hydroxylation is 1. The summed E-state index contributed by atoms with van der Waals surface area (Å²) in [5.41, 5.74) is 11.4. The van der Waals surface area contributed by atoms with E-state index >= 15 is 0 Å². The lowest BCUT2D eigenvalue weighted by Gasteiger charge is -2.09. The number of aromatic amines is 1. The Bertz CT molecular complexity index is 1190. The lowest BCUT2D eigenvalue weighted by molar-refractivity contribution is -0.113. The van der Waals surface area contributed by atoms with Gasteiger partial charge in [-0.05, 0) is 49.1 Å². The molecule has 0 radical (unpaired) electrons. The van der Waals surface area contributed by atoms with Gasteiger partial charge in [0.25, 0.3) is 5.22 Å². The Labute approximate surface area is 190 Å². The molecule has 0 saturated carbocycles. The summed E-state index contributed by atoms with van der Waals surface area (Å²) in [7, 11) is 0. The van der Waals surface area contributed by atoms with Gasteiger partial charge in [0.15, 0.2) is 0 Å². The van der Waals surface area contributed by atoms with Gasteiger partial charge < -0.3 is 32.9 Å². The van der Waals surface area contributed by atoms with Crippen molar-refractivity contribution in [1.82, 2.24) is 15.2 Å². The van der Waals surface area contributed by atoms with Crippen molar-refractivity contribution in [2.45, 2.75) is 31.5 Å². The van der Waals surface area contributed by atoms with Gasteiger partial charge in [0, 0.05) is 22.8 Å². The fraction of sp³-hybridized carbons (Fsp3) is 0.227. The molecule has 2 aromatic heterocycles. The van der Waals surface area contributed by atoms with Gasteiger partial charge >= 0.3 is 0 Å². The number of para-hydroxylation sites is 1. The second-order valence-corrected chi connectivity index (χ2v) is 8.09. The number of nitrogens with one attached hydrogen (secondary N) is 2. The van der Waals surface area contributed by atoms with Crippen LogP contribution in [0.1, 0.15) is 28.6 Å². The van der Waals surface area contributed by atoms with E-state index in [0.717, 1.165) is 33.3 Å². The third-order valence-electron chi connectivity index (χ3n) is 5.06. The van der Waals surface area contributed by atoms with E-state index in [9.17, 15) is 4.79 Å². The zero-order valence-electron chi connectivity index (χ0n) is 17.2. The van der Waals surface area contributed by atoms with Crippen LogP contribution in [0.2, 0.25) is 0 Å². The number of hydrogen-bond donors (Lipinski definition) is 3. The molecule has 0 aliphatic rings. The van der Waals surface area contributed by atoms with Gasteiger partial charge in [0.05, 0.1) is 11.8 Å². The summed E-state index contributed by atoms with van der Waals surface area (Å²) in [5.74, 6) is 0.404. The van der Waals surface area contributed by atoms with Crippen LogP contribution in [0.5, 0.6) is 0 Å². The van der Waals surface area contributed by atoms with Crippen molar-refractivity contribution in [3.63, 3.8) is 0 Å². The maximum absolute atomic E-state index is 12.3. The molecule has 0 fully saturated rings. The van der Waals surface area contributed by atoms with Crippen molar-refractivity contribution in [2.24, 2.45) is 5.73 Å². The lowest BCUT2D eigenvalue weighted by atomic mass is 10.1. The van der Waals surface area contributed by atoms with Crippen LogP contribution >= 0.6 is 11.8 Å². The fourth-order valence-corrected chi connectivity index (χ4v) is 3.82. The van der Waals surface area contributed by atoms with E-state index in [1.54, 1.807) is 0 Å². The molecule has 4 rings (SSSR count). The molecule has 0 saturated heterocycles. The number of halogens is 1. The number of nitrogens with zero attached hydrogens (tertiary/aromatic N) is 2. The summed E-state index contributed by atoms with van der Waals surface area (Å²) in [5, 5.41) is 12.5. The molecular formula is C22H23ClN5O2S-. The van der Waals surface area contributed by atoms with Gasteiger partial charge in [-0.15, -0.1) is 10.2 Å². The summed E-state index contributed by atoms with van der Waals surface area (Å²) >= 11 is 1.19. The number of carbonyl (C=O) groups excluding carboxylic acids is 1. The molecule has 7 nitrogen and oxygen atoms in total. The molecule has 1 amide bonds. The van der Waals surface area contributed by atoms with Gasteiger partial charge in [0.2, 0.25) is 11.8 Å². The highest BCUT2D eigenvalue weighted by Gasteiger charge is 2.18. The average Bonchev–Trinajstić information content (AvgIpc) is 3.38. The third kappa shape index (κ3) is 5.28. The standard InChI is InChI=1S/C22H23N5O2S.ClH/c1-13-6-5-9-18(14(13)2)25-20(28)12-30-22-27-26-21(29-22)17(23)10-15-11-24-19-8-4-3-7-16(15)19;/h3-9,11,17,24H,10,12,23H2,1-2H3,(H,25,28);1H/p-1/t17-;/m0./s1. The predicted octanol–water partition coefficient (Wildman–Crippen LogP) is 1.15. The molecule has 9 heteroatoms. The molecule has 2 aromatic carbocycles. The van der Waals surface area contributed by atoms with Crippen LogP contribution in [0.25, 0.3) is 10.9 Å². The second kappa shape index (κ2) is 10.00. The summed E-state index contributed by atoms with van der Waals surface area (Å²) in [4.78, 5) is 15.5. The van der Waals surface area contributed by atoms with Crippen LogP contribution < -0.4 is 23.5 Å². The van der Waals surface area contributed by atoms with E-state index in [1.165, 1.54) is 11.8 Å². The number of amides is 1. The number of carbonyl (C=O) groups is 1. The fourth-order valence-electron chi connectivity index (χ4n) is 3.25. The number of aromatic nitrogens is 3. The molecule has 4 N–H and O–H groups in total. The molecule has 0 aliphatic carbocycles. The number of hydrogen-bond acceptors (Lipinski definition) is 6. The SMILES string of the molecule is Cc1cccc(NC(=O)CSc2nnc([C@@H](N)Cc3c[nH]c4ccccc34)o2)c1C.[Cl-]. The molecule has 0 spiro atoms. The molecule has 0 bridgehead atoms. The second-order valence-electron chi connectivity index (χ2n) is 7.16. The van der Waals surface area contributed by atoms with Crippen LogP contribution in [0, 0.1) is 13.8 Å². The molecule has 31 heavy (non-hydrogen) atoms. The molecule has 162 valence electrons. The highest BCUT2D eigenvalue weighted by Crippen LogP contribution is 2.25. The Morgan fingerprint density at radius 1 is 1.19 bits per heavy atom. The highest BCUT2D eigenvalue weighted by molar-refractivity contribution is 7.99. The first-order valence-corrected chi connectivity index (χ1v) is 10.6. The Balaban J connectivity index is 0.00000272. The van der Waals surface area contributed by atoms with Crippen molar-refractivity contribution < 1.29 is 21.6 Å². The van der Waals surface area contributed by atoms with Crippen molar-refractivity contribution in [2.75, 3.05) is 11.1 Å². The number of benzene rings is 2. The van der Waals surface area contributed by atoms with Crippen molar-refractivity contribution in [1.29, 1.82) is 0 Å². The Hall–Kier alpha value is -2.81. The van der Waals surface area contributed by atoms with E-state index in [0.29, 0.717) is 17.5 Å². The van der Waals surface area contributed by atoms with Crippen molar-refractivity contribution >= 4 is 34.3 Å². The van der Waals surface area contributed by atoms with E-state index in [2.05, 4.69) is 26.6 Å².